The van der Waals surface area contributed by atoms with Crippen molar-refractivity contribution in [3.8, 4) is 5.75 Å². The highest BCUT2D eigenvalue weighted by Gasteiger charge is 2.16. The zero-order chi connectivity index (χ0) is 11.4. The predicted molar refractivity (Wildman–Crippen MR) is 61.8 cm³/mol. The molecule has 3 heteroatoms. The van der Waals surface area contributed by atoms with Crippen LogP contribution in [0.1, 0.15) is 41.9 Å². The highest BCUT2D eigenvalue weighted by atomic mass is 16.5. The van der Waals surface area contributed by atoms with E-state index in [1.807, 2.05) is 19.1 Å². The topological polar surface area (TPSA) is 39.2 Å². The van der Waals surface area contributed by atoms with Gasteiger partial charge in [-0.3, -0.25) is 4.79 Å². The Labute approximate surface area is 95.8 Å². The van der Waals surface area contributed by atoms with Gasteiger partial charge in [-0.2, -0.15) is 0 Å². The van der Waals surface area contributed by atoms with Gasteiger partial charge in [0.15, 0.2) is 6.29 Å². The number of ether oxygens (including phenoxy) is 1. The first-order chi connectivity index (χ1) is 7.79. The fourth-order valence-electron chi connectivity index (χ4n) is 2.16. The van der Waals surface area contributed by atoms with Gasteiger partial charge in [-0.15, -0.1) is 0 Å². The molecule has 1 fully saturated rings. The Morgan fingerprint density at radius 3 is 2.88 bits per heavy atom. The maximum absolute atomic E-state index is 10.8. The van der Waals surface area contributed by atoms with Crippen molar-refractivity contribution in [2.75, 3.05) is 6.61 Å². The molecule has 0 atom stereocenters. The van der Waals surface area contributed by atoms with Gasteiger partial charge < -0.3 is 4.74 Å². The second-order valence-electron chi connectivity index (χ2n) is 4.42. The summed E-state index contributed by atoms with van der Waals surface area (Å²) in [5.74, 6) is 1.27. The number of pyridine rings is 1. The Morgan fingerprint density at radius 2 is 2.19 bits per heavy atom. The molecule has 1 aromatic heterocycles. The van der Waals surface area contributed by atoms with Crippen molar-refractivity contribution in [2.24, 2.45) is 5.92 Å². The van der Waals surface area contributed by atoms with E-state index in [4.69, 9.17) is 4.74 Å². The van der Waals surface area contributed by atoms with Gasteiger partial charge in [0.2, 0.25) is 0 Å². The molecule has 1 aromatic rings. The number of hydrogen-bond acceptors (Lipinski definition) is 3. The Morgan fingerprint density at radius 1 is 1.44 bits per heavy atom. The van der Waals surface area contributed by atoms with Gasteiger partial charge in [0, 0.05) is 5.69 Å². The van der Waals surface area contributed by atoms with Crippen LogP contribution >= 0.6 is 0 Å². The lowest BCUT2D eigenvalue weighted by Gasteiger charge is -2.12. The zero-order valence-corrected chi connectivity index (χ0v) is 9.61. The summed E-state index contributed by atoms with van der Waals surface area (Å²) in [5, 5.41) is 0. The largest absolute Gasteiger partial charge is 0.491 e. The van der Waals surface area contributed by atoms with Gasteiger partial charge in [-0.05, 0) is 37.8 Å². The van der Waals surface area contributed by atoms with E-state index < -0.39 is 0 Å². The number of nitrogens with zero attached hydrogens (tertiary/aromatic N) is 1. The van der Waals surface area contributed by atoms with Crippen LogP contribution in [0.2, 0.25) is 0 Å². The first-order valence-corrected chi connectivity index (χ1v) is 5.85. The molecule has 86 valence electrons. The molecule has 2 rings (SSSR count). The highest BCUT2D eigenvalue weighted by Crippen LogP contribution is 2.26. The van der Waals surface area contributed by atoms with E-state index >= 15 is 0 Å². The minimum absolute atomic E-state index is 0.415. The van der Waals surface area contributed by atoms with Crippen molar-refractivity contribution in [3.05, 3.63) is 23.5 Å². The molecule has 0 aromatic carbocycles. The summed E-state index contributed by atoms with van der Waals surface area (Å²) in [6.07, 6.45) is 5.86. The molecule has 1 heterocycles. The standard InChI is InChI=1S/C13H17NO2/c1-10-6-7-13(12(8-15)14-10)16-9-11-4-2-3-5-11/h6-8,11H,2-5,9H2,1H3. The summed E-state index contributed by atoms with van der Waals surface area (Å²) in [4.78, 5) is 15.0. The van der Waals surface area contributed by atoms with Gasteiger partial charge in [-0.1, -0.05) is 12.8 Å². The van der Waals surface area contributed by atoms with Crippen molar-refractivity contribution >= 4 is 6.29 Å². The van der Waals surface area contributed by atoms with Crippen LogP contribution in [-0.4, -0.2) is 17.9 Å². The third kappa shape index (κ3) is 2.60. The lowest BCUT2D eigenvalue weighted by Crippen LogP contribution is -2.09. The molecule has 0 unspecified atom stereocenters. The Kier molecular flexibility index (Phi) is 3.54. The van der Waals surface area contributed by atoms with E-state index in [2.05, 4.69) is 4.98 Å². The van der Waals surface area contributed by atoms with Gasteiger partial charge in [0.25, 0.3) is 0 Å². The van der Waals surface area contributed by atoms with Gasteiger partial charge in [0.1, 0.15) is 11.4 Å². The van der Waals surface area contributed by atoms with Crippen LogP contribution in [0.4, 0.5) is 0 Å². The molecule has 0 radical (unpaired) electrons. The van der Waals surface area contributed by atoms with E-state index in [9.17, 15) is 4.79 Å². The van der Waals surface area contributed by atoms with E-state index in [0.717, 1.165) is 12.0 Å². The van der Waals surface area contributed by atoms with E-state index in [1.54, 1.807) is 0 Å². The summed E-state index contributed by atoms with van der Waals surface area (Å²) in [6.45, 7) is 2.58. The van der Waals surface area contributed by atoms with Crippen LogP contribution < -0.4 is 4.74 Å². The summed E-state index contributed by atoms with van der Waals surface area (Å²) in [6, 6.07) is 3.71. The number of aryl methyl sites for hydroxylation is 1. The molecule has 1 aliphatic carbocycles. The first kappa shape index (κ1) is 11.1. The third-order valence-corrected chi connectivity index (χ3v) is 3.09. The molecule has 16 heavy (non-hydrogen) atoms. The molecule has 0 bridgehead atoms. The van der Waals surface area contributed by atoms with Crippen molar-refractivity contribution in [1.82, 2.24) is 4.98 Å². The molecule has 3 nitrogen and oxygen atoms in total. The average molecular weight is 219 g/mol. The fraction of sp³-hybridized carbons (Fsp3) is 0.538. The molecule has 1 aliphatic rings. The minimum atomic E-state index is 0.415. The summed E-state index contributed by atoms with van der Waals surface area (Å²) < 4.78 is 5.67. The summed E-state index contributed by atoms with van der Waals surface area (Å²) in [7, 11) is 0. The lowest BCUT2D eigenvalue weighted by atomic mass is 10.1. The summed E-state index contributed by atoms with van der Waals surface area (Å²) in [5.41, 5.74) is 1.26. The third-order valence-electron chi connectivity index (χ3n) is 3.09. The fourth-order valence-corrected chi connectivity index (χ4v) is 2.16. The first-order valence-electron chi connectivity index (χ1n) is 5.85. The molecule has 0 aliphatic heterocycles. The molecule has 0 spiro atoms. The van der Waals surface area contributed by atoms with Crippen LogP contribution in [0.3, 0.4) is 0 Å². The zero-order valence-electron chi connectivity index (χ0n) is 9.61. The Bertz CT molecular complexity index is 370. The van der Waals surface area contributed by atoms with E-state index in [-0.39, 0.29) is 0 Å². The normalized spacial score (nSPS) is 16.3. The monoisotopic (exact) mass is 219 g/mol. The maximum atomic E-state index is 10.8. The van der Waals surface area contributed by atoms with Gasteiger partial charge in [-0.25, -0.2) is 4.98 Å². The lowest BCUT2D eigenvalue weighted by molar-refractivity contribution is 0.111. The number of hydrogen-bond donors (Lipinski definition) is 0. The van der Waals surface area contributed by atoms with Crippen molar-refractivity contribution in [1.29, 1.82) is 0 Å². The molecular weight excluding hydrogens is 202 g/mol. The number of aldehydes is 1. The van der Waals surface area contributed by atoms with E-state index in [1.165, 1.54) is 25.7 Å². The van der Waals surface area contributed by atoms with Crippen molar-refractivity contribution in [2.45, 2.75) is 32.6 Å². The summed E-state index contributed by atoms with van der Waals surface area (Å²) >= 11 is 0. The SMILES string of the molecule is Cc1ccc(OCC2CCCC2)c(C=O)n1. The number of rotatable bonds is 4. The minimum Gasteiger partial charge on any atom is -0.491 e. The molecule has 0 amide bonds. The van der Waals surface area contributed by atoms with Gasteiger partial charge in [0.05, 0.1) is 6.61 Å². The molecule has 0 saturated heterocycles. The number of carbonyl (C=O) groups excluding carboxylic acids is 1. The van der Waals surface area contributed by atoms with Crippen LogP contribution in [0, 0.1) is 12.8 Å². The maximum Gasteiger partial charge on any atom is 0.172 e. The van der Waals surface area contributed by atoms with E-state index in [0.29, 0.717) is 24.0 Å². The average Bonchev–Trinajstić information content (AvgIpc) is 2.80. The van der Waals surface area contributed by atoms with Crippen LogP contribution in [0.15, 0.2) is 12.1 Å². The quantitative estimate of drug-likeness (QED) is 0.731. The second kappa shape index (κ2) is 5.10. The predicted octanol–water partition coefficient (Wildman–Crippen LogP) is 2.77. The number of aromatic nitrogens is 1. The van der Waals surface area contributed by atoms with Crippen molar-refractivity contribution in [3.63, 3.8) is 0 Å². The molecule has 1 saturated carbocycles. The Balaban J connectivity index is 1.99. The smallest absolute Gasteiger partial charge is 0.172 e. The Hall–Kier alpha value is -1.38. The van der Waals surface area contributed by atoms with Crippen molar-refractivity contribution < 1.29 is 9.53 Å². The van der Waals surface area contributed by atoms with Crippen LogP contribution in [0.5, 0.6) is 5.75 Å². The molecule has 0 N–H and O–H groups in total. The van der Waals surface area contributed by atoms with Gasteiger partial charge >= 0.3 is 0 Å². The number of carbonyl (C=O) groups is 1. The second-order valence-corrected chi connectivity index (χ2v) is 4.42. The molecular formula is C13H17NO2. The van der Waals surface area contributed by atoms with Crippen LogP contribution in [-0.2, 0) is 0 Å². The highest BCUT2D eigenvalue weighted by molar-refractivity contribution is 5.76. The van der Waals surface area contributed by atoms with Crippen LogP contribution in [0.25, 0.3) is 0 Å².